The van der Waals surface area contributed by atoms with Crippen LogP contribution in [0.1, 0.15) is 16.1 Å². The molecule has 0 atom stereocenters. The number of amides is 1. The highest BCUT2D eigenvalue weighted by atomic mass is 16.5. The van der Waals surface area contributed by atoms with Crippen LogP contribution in [-0.2, 0) is 4.74 Å². The molecule has 1 saturated heterocycles. The number of nitrogens with zero attached hydrogens (tertiary/aromatic N) is 2. The van der Waals surface area contributed by atoms with Crippen LogP contribution in [0.4, 0.5) is 0 Å². The fourth-order valence-electron chi connectivity index (χ4n) is 1.41. The molecular formula is C9H12N2O3. The van der Waals surface area contributed by atoms with Crippen molar-refractivity contribution in [1.29, 1.82) is 0 Å². The smallest absolute Gasteiger partial charge is 0.292 e. The summed E-state index contributed by atoms with van der Waals surface area (Å²) >= 11 is 0. The van der Waals surface area contributed by atoms with Crippen LogP contribution in [0.15, 0.2) is 10.7 Å². The Morgan fingerprint density at radius 2 is 2.21 bits per heavy atom. The number of carbonyl (C=O) groups excluding carboxylic acids is 1. The zero-order chi connectivity index (χ0) is 9.97. The fraction of sp³-hybridized carbons (Fsp3) is 0.556. The number of aromatic nitrogens is 1. The van der Waals surface area contributed by atoms with Crippen molar-refractivity contribution in [3.8, 4) is 0 Å². The highest BCUT2D eigenvalue weighted by Gasteiger charge is 2.23. The Hall–Kier alpha value is -1.36. The lowest BCUT2D eigenvalue weighted by atomic mass is 10.2. The van der Waals surface area contributed by atoms with Gasteiger partial charge in [-0.2, -0.15) is 0 Å². The molecule has 1 aromatic heterocycles. The number of ether oxygens (including phenoxy) is 1. The highest BCUT2D eigenvalue weighted by Crippen LogP contribution is 2.10. The standard InChI is InChI=1S/C9H12N2O3/c1-7-6-10-14-8(7)9(12)11-2-4-13-5-3-11/h6H,2-5H2,1H3. The Balaban J connectivity index is 2.11. The van der Waals surface area contributed by atoms with E-state index in [-0.39, 0.29) is 5.91 Å². The zero-order valence-electron chi connectivity index (χ0n) is 8.02. The van der Waals surface area contributed by atoms with Crippen molar-refractivity contribution in [2.24, 2.45) is 0 Å². The minimum absolute atomic E-state index is 0.0942. The topological polar surface area (TPSA) is 55.6 Å². The van der Waals surface area contributed by atoms with Crippen LogP contribution in [0.2, 0.25) is 0 Å². The quantitative estimate of drug-likeness (QED) is 0.654. The zero-order valence-corrected chi connectivity index (χ0v) is 8.02. The van der Waals surface area contributed by atoms with E-state index in [1.807, 2.05) is 6.92 Å². The molecule has 0 radical (unpaired) electrons. The third-order valence-corrected chi connectivity index (χ3v) is 2.24. The Morgan fingerprint density at radius 1 is 1.50 bits per heavy atom. The van der Waals surface area contributed by atoms with Gasteiger partial charge >= 0.3 is 0 Å². The normalized spacial score (nSPS) is 17.1. The van der Waals surface area contributed by atoms with Gasteiger partial charge in [0.2, 0.25) is 5.76 Å². The number of hydrogen-bond donors (Lipinski definition) is 0. The van der Waals surface area contributed by atoms with Crippen molar-refractivity contribution in [2.45, 2.75) is 6.92 Å². The maximum atomic E-state index is 11.8. The summed E-state index contributed by atoms with van der Waals surface area (Å²) in [5.41, 5.74) is 0.779. The average molecular weight is 196 g/mol. The van der Waals surface area contributed by atoms with Gasteiger partial charge in [-0.15, -0.1) is 0 Å². The van der Waals surface area contributed by atoms with Crippen molar-refractivity contribution in [3.63, 3.8) is 0 Å². The molecule has 1 aliphatic heterocycles. The first kappa shape index (κ1) is 9.21. The minimum Gasteiger partial charge on any atom is -0.378 e. The number of carbonyl (C=O) groups is 1. The fourth-order valence-corrected chi connectivity index (χ4v) is 1.41. The van der Waals surface area contributed by atoms with Crippen LogP contribution < -0.4 is 0 Å². The molecule has 0 aliphatic carbocycles. The molecule has 0 unspecified atom stereocenters. The molecule has 14 heavy (non-hydrogen) atoms. The molecule has 1 aromatic rings. The van der Waals surface area contributed by atoms with E-state index in [0.29, 0.717) is 32.1 Å². The molecule has 1 amide bonds. The number of morpholine rings is 1. The lowest BCUT2D eigenvalue weighted by molar-refractivity contribution is 0.0276. The van der Waals surface area contributed by atoms with E-state index in [1.54, 1.807) is 11.1 Å². The van der Waals surface area contributed by atoms with Crippen molar-refractivity contribution in [3.05, 3.63) is 17.5 Å². The second-order valence-corrected chi connectivity index (χ2v) is 3.24. The van der Waals surface area contributed by atoms with Gasteiger partial charge in [0.1, 0.15) is 0 Å². The van der Waals surface area contributed by atoms with Crippen molar-refractivity contribution < 1.29 is 14.1 Å². The molecule has 0 aromatic carbocycles. The summed E-state index contributed by atoms with van der Waals surface area (Å²) in [5.74, 6) is 0.246. The van der Waals surface area contributed by atoms with Gasteiger partial charge in [0.05, 0.1) is 19.4 Å². The summed E-state index contributed by atoms with van der Waals surface area (Å²) in [6, 6.07) is 0. The molecule has 0 spiro atoms. The molecule has 76 valence electrons. The Labute approximate surface area is 81.6 Å². The van der Waals surface area contributed by atoms with Crippen LogP contribution in [0.25, 0.3) is 0 Å². The van der Waals surface area contributed by atoms with Crippen LogP contribution in [0.3, 0.4) is 0 Å². The molecule has 2 rings (SSSR count). The molecule has 0 N–H and O–H groups in total. The monoisotopic (exact) mass is 196 g/mol. The molecule has 5 heteroatoms. The first-order valence-corrected chi connectivity index (χ1v) is 4.57. The Morgan fingerprint density at radius 3 is 2.79 bits per heavy atom. The average Bonchev–Trinajstić information content (AvgIpc) is 2.65. The molecule has 2 heterocycles. The maximum Gasteiger partial charge on any atom is 0.292 e. The van der Waals surface area contributed by atoms with Gasteiger partial charge in [0, 0.05) is 18.7 Å². The Kier molecular flexibility index (Phi) is 2.49. The first-order chi connectivity index (χ1) is 6.79. The lowest BCUT2D eigenvalue weighted by Crippen LogP contribution is -2.40. The van der Waals surface area contributed by atoms with Gasteiger partial charge < -0.3 is 14.2 Å². The van der Waals surface area contributed by atoms with E-state index in [4.69, 9.17) is 9.26 Å². The van der Waals surface area contributed by atoms with E-state index in [1.165, 1.54) is 0 Å². The number of hydrogen-bond acceptors (Lipinski definition) is 4. The second-order valence-electron chi connectivity index (χ2n) is 3.24. The van der Waals surface area contributed by atoms with E-state index in [9.17, 15) is 4.79 Å². The molecular weight excluding hydrogens is 184 g/mol. The molecule has 1 fully saturated rings. The van der Waals surface area contributed by atoms with E-state index < -0.39 is 0 Å². The van der Waals surface area contributed by atoms with Gasteiger partial charge in [-0.05, 0) is 6.92 Å². The molecule has 5 nitrogen and oxygen atoms in total. The highest BCUT2D eigenvalue weighted by molar-refractivity contribution is 5.92. The summed E-state index contributed by atoms with van der Waals surface area (Å²) in [4.78, 5) is 13.5. The number of rotatable bonds is 1. The largest absolute Gasteiger partial charge is 0.378 e. The predicted molar refractivity (Wildman–Crippen MR) is 48.0 cm³/mol. The lowest BCUT2D eigenvalue weighted by Gasteiger charge is -2.25. The summed E-state index contributed by atoms with van der Waals surface area (Å²) < 4.78 is 10.1. The number of aryl methyl sites for hydroxylation is 1. The van der Waals surface area contributed by atoms with Gasteiger partial charge in [-0.3, -0.25) is 4.79 Å². The van der Waals surface area contributed by atoms with E-state index in [2.05, 4.69) is 5.16 Å². The third-order valence-electron chi connectivity index (χ3n) is 2.24. The van der Waals surface area contributed by atoms with Crippen LogP contribution in [-0.4, -0.2) is 42.3 Å². The van der Waals surface area contributed by atoms with Gasteiger partial charge in [0.15, 0.2) is 0 Å². The first-order valence-electron chi connectivity index (χ1n) is 4.57. The van der Waals surface area contributed by atoms with Crippen molar-refractivity contribution >= 4 is 5.91 Å². The molecule has 0 bridgehead atoms. The molecule has 0 saturated carbocycles. The van der Waals surface area contributed by atoms with Crippen LogP contribution in [0.5, 0.6) is 0 Å². The van der Waals surface area contributed by atoms with Gasteiger partial charge in [-0.1, -0.05) is 5.16 Å². The van der Waals surface area contributed by atoms with E-state index >= 15 is 0 Å². The van der Waals surface area contributed by atoms with Crippen molar-refractivity contribution in [1.82, 2.24) is 10.1 Å². The summed E-state index contributed by atoms with van der Waals surface area (Å²) in [6.45, 7) is 4.25. The van der Waals surface area contributed by atoms with Gasteiger partial charge in [0.25, 0.3) is 5.91 Å². The summed E-state index contributed by atoms with van der Waals surface area (Å²) in [7, 11) is 0. The third kappa shape index (κ3) is 1.63. The van der Waals surface area contributed by atoms with Gasteiger partial charge in [-0.25, -0.2) is 0 Å². The second kappa shape index (κ2) is 3.79. The minimum atomic E-state index is -0.0942. The predicted octanol–water partition coefficient (Wildman–Crippen LogP) is 0.455. The summed E-state index contributed by atoms with van der Waals surface area (Å²) in [5, 5.41) is 3.58. The van der Waals surface area contributed by atoms with Crippen LogP contribution >= 0.6 is 0 Å². The maximum absolute atomic E-state index is 11.8. The van der Waals surface area contributed by atoms with E-state index in [0.717, 1.165) is 5.56 Å². The SMILES string of the molecule is Cc1cnoc1C(=O)N1CCOCC1. The van der Waals surface area contributed by atoms with Crippen LogP contribution in [0, 0.1) is 6.92 Å². The Bertz CT molecular complexity index is 329. The molecule has 1 aliphatic rings. The van der Waals surface area contributed by atoms with Crippen molar-refractivity contribution in [2.75, 3.05) is 26.3 Å². The summed E-state index contributed by atoms with van der Waals surface area (Å²) in [6.07, 6.45) is 1.55.